The predicted octanol–water partition coefficient (Wildman–Crippen LogP) is 5.12. The fourth-order valence-electron chi connectivity index (χ4n) is 5.63. The number of hydrogen-bond acceptors (Lipinski definition) is 7. The van der Waals surface area contributed by atoms with Crippen LogP contribution in [0.15, 0.2) is 12.1 Å². The van der Waals surface area contributed by atoms with Gasteiger partial charge in [-0.3, -0.25) is 9.59 Å². The van der Waals surface area contributed by atoms with Crippen LogP contribution >= 0.6 is 0 Å². The Labute approximate surface area is 232 Å². The molecule has 2 fully saturated rings. The van der Waals surface area contributed by atoms with E-state index < -0.39 is 23.9 Å². The zero-order valence-corrected chi connectivity index (χ0v) is 23.5. The first-order valence-electron chi connectivity index (χ1n) is 14.0. The average Bonchev–Trinajstić information content (AvgIpc) is 3.56. The van der Waals surface area contributed by atoms with Crippen molar-refractivity contribution in [2.45, 2.75) is 102 Å². The standard InChI is InChI=1S/C28H38F3N5O4/c1-17(2)39-27(38)18-8-7-11-20(16-18)40-23-14-12-21(32-26(23)28(29,30)31)25-22(33-34-36(25)4)13-15-24(37)35(3)19-9-5-6-10-19/h12,14,17-20H,5-11,13,15-16H2,1-4H3/t18-,20?/m0/s1. The first kappa shape index (κ1) is 29.8. The molecule has 2 aliphatic carbocycles. The second-order valence-corrected chi connectivity index (χ2v) is 11.1. The molecule has 2 aliphatic rings. The van der Waals surface area contributed by atoms with Gasteiger partial charge in [0.25, 0.3) is 0 Å². The number of esters is 1. The summed E-state index contributed by atoms with van der Waals surface area (Å²) in [5.74, 6) is -1.18. The van der Waals surface area contributed by atoms with Crippen molar-refractivity contribution < 1.29 is 32.2 Å². The minimum Gasteiger partial charge on any atom is -0.488 e. The van der Waals surface area contributed by atoms with Crippen molar-refractivity contribution in [2.75, 3.05) is 7.05 Å². The van der Waals surface area contributed by atoms with Crippen LogP contribution in [0, 0.1) is 5.92 Å². The van der Waals surface area contributed by atoms with Crippen molar-refractivity contribution in [3.63, 3.8) is 0 Å². The third-order valence-corrected chi connectivity index (χ3v) is 7.71. The first-order valence-corrected chi connectivity index (χ1v) is 14.0. The molecule has 4 rings (SSSR count). The zero-order chi connectivity index (χ0) is 29.0. The summed E-state index contributed by atoms with van der Waals surface area (Å²) < 4.78 is 54.9. The van der Waals surface area contributed by atoms with Crippen LogP contribution in [0.1, 0.15) is 83.0 Å². The molecule has 0 aliphatic heterocycles. The van der Waals surface area contributed by atoms with E-state index in [0.717, 1.165) is 25.7 Å². The Balaban J connectivity index is 1.51. The lowest BCUT2D eigenvalue weighted by Crippen LogP contribution is -2.35. The quantitative estimate of drug-likeness (QED) is 0.389. The lowest BCUT2D eigenvalue weighted by molar-refractivity contribution is -0.155. The average molecular weight is 566 g/mol. The summed E-state index contributed by atoms with van der Waals surface area (Å²) in [5, 5.41) is 8.11. The molecule has 2 heterocycles. The van der Waals surface area contributed by atoms with Crippen molar-refractivity contribution in [1.29, 1.82) is 0 Å². The van der Waals surface area contributed by atoms with Gasteiger partial charge in [-0.15, -0.1) is 5.10 Å². The maximum absolute atomic E-state index is 14.2. The summed E-state index contributed by atoms with van der Waals surface area (Å²) in [7, 11) is 3.38. The summed E-state index contributed by atoms with van der Waals surface area (Å²) in [6, 6.07) is 2.95. The van der Waals surface area contributed by atoms with Crippen molar-refractivity contribution in [3.8, 4) is 17.1 Å². The normalized spacial score (nSPS) is 20.1. The molecule has 0 aromatic carbocycles. The van der Waals surface area contributed by atoms with E-state index in [9.17, 15) is 22.8 Å². The predicted molar refractivity (Wildman–Crippen MR) is 140 cm³/mol. The van der Waals surface area contributed by atoms with E-state index in [4.69, 9.17) is 9.47 Å². The highest BCUT2D eigenvalue weighted by molar-refractivity contribution is 5.77. The summed E-state index contributed by atoms with van der Waals surface area (Å²) in [5.41, 5.74) is -0.381. The Hall–Kier alpha value is -3.18. The number of aromatic nitrogens is 4. The fourth-order valence-corrected chi connectivity index (χ4v) is 5.63. The van der Waals surface area contributed by atoms with Gasteiger partial charge in [-0.05, 0) is 64.5 Å². The van der Waals surface area contributed by atoms with E-state index in [0.29, 0.717) is 30.7 Å². The molecule has 2 atom stereocenters. The maximum Gasteiger partial charge on any atom is 0.437 e. The second-order valence-electron chi connectivity index (χ2n) is 11.1. The summed E-state index contributed by atoms with van der Waals surface area (Å²) >= 11 is 0. The monoisotopic (exact) mass is 565 g/mol. The summed E-state index contributed by atoms with van der Waals surface area (Å²) in [4.78, 5) is 30.8. The van der Waals surface area contributed by atoms with Crippen LogP contribution in [0.25, 0.3) is 11.4 Å². The van der Waals surface area contributed by atoms with Gasteiger partial charge in [-0.2, -0.15) is 13.2 Å². The molecule has 1 amide bonds. The van der Waals surface area contributed by atoms with Gasteiger partial charge in [0.15, 0.2) is 11.4 Å². The lowest BCUT2D eigenvalue weighted by atomic mass is 9.87. The van der Waals surface area contributed by atoms with Crippen LogP contribution in [-0.2, 0) is 34.0 Å². The molecule has 9 nitrogen and oxygen atoms in total. The van der Waals surface area contributed by atoms with Crippen LogP contribution in [-0.4, -0.2) is 62.1 Å². The SMILES string of the molecule is CC(C)OC(=O)[C@H]1CCCC(Oc2ccc(-c3c(CCC(=O)N(C)C4CCCC4)nnn3C)nc2C(F)(F)F)C1. The molecule has 1 unspecified atom stereocenters. The Morgan fingerprint density at radius 3 is 2.52 bits per heavy atom. The molecule has 220 valence electrons. The number of ether oxygens (including phenoxy) is 2. The molecule has 2 saturated carbocycles. The van der Waals surface area contributed by atoms with Crippen LogP contribution in [0.4, 0.5) is 13.2 Å². The minimum absolute atomic E-state index is 0.0285. The van der Waals surface area contributed by atoms with Crippen molar-refractivity contribution in [1.82, 2.24) is 24.9 Å². The molecule has 2 aromatic heterocycles. The molecule has 2 aromatic rings. The third kappa shape index (κ3) is 7.11. The number of aryl methyl sites for hydroxylation is 2. The summed E-state index contributed by atoms with van der Waals surface area (Å²) in [6.07, 6.45) is 1.06. The van der Waals surface area contributed by atoms with Crippen LogP contribution < -0.4 is 4.74 Å². The van der Waals surface area contributed by atoms with E-state index in [-0.39, 0.29) is 54.7 Å². The third-order valence-electron chi connectivity index (χ3n) is 7.71. The number of hydrogen-bond donors (Lipinski definition) is 0. The Morgan fingerprint density at radius 1 is 1.12 bits per heavy atom. The van der Waals surface area contributed by atoms with Gasteiger partial charge in [0.05, 0.1) is 29.5 Å². The smallest absolute Gasteiger partial charge is 0.437 e. The molecule has 0 bridgehead atoms. The topological polar surface area (TPSA) is 99.4 Å². The molecule has 0 saturated heterocycles. The fraction of sp³-hybridized carbons (Fsp3) is 0.679. The van der Waals surface area contributed by atoms with Crippen LogP contribution in [0.3, 0.4) is 0 Å². The number of carbonyl (C=O) groups is 2. The second kappa shape index (κ2) is 12.6. The number of carbonyl (C=O) groups excluding carboxylic acids is 2. The number of pyridine rings is 1. The molecular formula is C28H38F3N5O4. The van der Waals surface area contributed by atoms with Gasteiger partial charge in [0, 0.05) is 33.0 Å². The highest BCUT2D eigenvalue weighted by atomic mass is 19.4. The molecule has 0 radical (unpaired) electrons. The Bertz CT molecular complexity index is 1190. The molecule has 0 N–H and O–H groups in total. The van der Waals surface area contributed by atoms with E-state index in [1.807, 2.05) is 0 Å². The zero-order valence-electron chi connectivity index (χ0n) is 23.5. The van der Waals surface area contributed by atoms with E-state index in [2.05, 4.69) is 15.3 Å². The highest BCUT2D eigenvalue weighted by Gasteiger charge is 2.39. The number of alkyl halides is 3. The maximum atomic E-state index is 14.2. The van der Waals surface area contributed by atoms with Crippen LogP contribution in [0.2, 0.25) is 0 Å². The van der Waals surface area contributed by atoms with Gasteiger partial charge in [-0.1, -0.05) is 18.1 Å². The van der Waals surface area contributed by atoms with Crippen LogP contribution in [0.5, 0.6) is 5.75 Å². The van der Waals surface area contributed by atoms with Gasteiger partial charge >= 0.3 is 12.1 Å². The van der Waals surface area contributed by atoms with E-state index >= 15 is 0 Å². The number of halogens is 3. The lowest BCUT2D eigenvalue weighted by Gasteiger charge is -2.29. The first-order chi connectivity index (χ1) is 18.9. The number of nitrogens with zero attached hydrogens (tertiary/aromatic N) is 5. The molecular weight excluding hydrogens is 527 g/mol. The molecule has 0 spiro atoms. The van der Waals surface area contributed by atoms with Crippen molar-refractivity contribution in [2.24, 2.45) is 13.0 Å². The largest absolute Gasteiger partial charge is 0.488 e. The van der Waals surface area contributed by atoms with E-state index in [1.165, 1.54) is 16.8 Å². The van der Waals surface area contributed by atoms with Gasteiger partial charge in [0.2, 0.25) is 5.91 Å². The summed E-state index contributed by atoms with van der Waals surface area (Å²) in [6.45, 7) is 3.51. The Morgan fingerprint density at radius 2 is 1.85 bits per heavy atom. The highest BCUT2D eigenvalue weighted by Crippen LogP contribution is 2.39. The number of amides is 1. The van der Waals surface area contributed by atoms with Gasteiger partial charge in [0.1, 0.15) is 5.69 Å². The minimum atomic E-state index is -4.78. The Kier molecular flexibility index (Phi) is 9.35. The van der Waals surface area contributed by atoms with Crippen molar-refractivity contribution in [3.05, 3.63) is 23.5 Å². The van der Waals surface area contributed by atoms with Gasteiger partial charge < -0.3 is 14.4 Å². The van der Waals surface area contributed by atoms with Crippen molar-refractivity contribution >= 4 is 11.9 Å². The van der Waals surface area contributed by atoms with Gasteiger partial charge in [-0.25, -0.2) is 9.67 Å². The number of rotatable bonds is 9. The van der Waals surface area contributed by atoms with E-state index in [1.54, 1.807) is 32.8 Å². The molecule has 40 heavy (non-hydrogen) atoms. The molecule has 12 heteroatoms.